The summed E-state index contributed by atoms with van der Waals surface area (Å²) >= 11 is 0. The van der Waals surface area contributed by atoms with Gasteiger partial charge < -0.3 is 15.7 Å². The van der Waals surface area contributed by atoms with E-state index in [9.17, 15) is 9.50 Å². The van der Waals surface area contributed by atoms with Crippen molar-refractivity contribution in [3.63, 3.8) is 0 Å². The number of hydrogen-bond acceptors (Lipinski definition) is 5. The van der Waals surface area contributed by atoms with Crippen LogP contribution in [0.4, 0.5) is 16.2 Å². The maximum absolute atomic E-state index is 13.7. The van der Waals surface area contributed by atoms with Gasteiger partial charge in [-0.15, -0.1) is 0 Å². The van der Waals surface area contributed by atoms with Crippen LogP contribution in [0.2, 0.25) is 0 Å². The molecule has 1 aliphatic rings. The molecule has 1 heterocycles. The molecule has 3 N–H and O–H groups in total. The molecule has 1 aromatic heterocycles. The maximum atomic E-state index is 13.7. The van der Waals surface area contributed by atoms with Gasteiger partial charge >= 0.3 is 0 Å². The van der Waals surface area contributed by atoms with Gasteiger partial charge in [-0.05, 0) is 31.6 Å². The zero-order chi connectivity index (χ0) is 14.4. The minimum absolute atomic E-state index is 0.210. The summed E-state index contributed by atoms with van der Waals surface area (Å²) in [6.45, 7) is 3.49. The van der Waals surface area contributed by atoms with Crippen molar-refractivity contribution in [1.82, 2.24) is 9.97 Å². The van der Waals surface area contributed by atoms with Gasteiger partial charge in [0.05, 0.1) is 6.20 Å². The van der Waals surface area contributed by atoms with Gasteiger partial charge in [0, 0.05) is 19.7 Å². The monoisotopic (exact) mass is 282 g/mol. The summed E-state index contributed by atoms with van der Waals surface area (Å²) in [5, 5.41) is 15.4. The van der Waals surface area contributed by atoms with Crippen molar-refractivity contribution in [2.24, 2.45) is 11.8 Å². The highest BCUT2D eigenvalue weighted by Crippen LogP contribution is 2.30. The van der Waals surface area contributed by atoms with Crippen molar-refractivity contribution in [1.29, 1.82) is 0 Å². The second-order valence-electron chi connectivity index (χ2n) is 5.29. The van der Waals surface area contributed by atoms with Crippen LogP contribution in [0.3, 0.4) is 0 Å². The van der Waals surface area contributed by atoms with E-state index in [1.165, 1.54) is 19.0 Å². The van der Waals surface area contributed by atoms with Gasteiger partial charge in [-0.3, -0.25) is 0 Å². The number of nitrogens with zero attached hydrogens (tertiary/aromatic N) is 2. The minimum atomic E-state index is -0.442. The van der Waals surface area contributed by atoms with E-state index in [4.69, 9.17) is 0 Å². The summed E-state index contributed by atoms with van der Waals surface area (Å²) < 4.78 is 13.7. The normalized spacial score (nSPS) is 22.6. The highest BCUT2D eigenvalue weighted by Gasteiger charge is 2.24. The molecule has 0 aliphatic heterocycles. The van der Waals surface area contributed by atoms with Crippen LogP contribution in [0.5, 0.6) is 0 Å². The molecule has 1 aromatic rings. The molecule has 2 unspecified atom stereocenters. The highest BCUT2D eigenvalue weighted by atomic mass is 19.1. The predicted molar refractivity (Wildman–Crippen MR) is 77.2 cm³/mol. The van der Waals surface area contributed by atoms with E-state index in [2.05, 4.69) is 20.6 Å². The molecule has 0 saturated heterocycles. The molecule has 6 heteroatoms. The maximum Gasteiger partial charge on any atom is 0.224 e. The third-order valence-electron chi connectivity index (χ3n) is 3.91. The average Bonchev–Trinajstić information content (AvgIpc) is 2.48. The molecular formula is C14H23FN4O. The Kier molecular flexibility index (Phi) is 5.52. The van der Waals surface area contributed by atoms with Gasteiger partial charge in [-0.25, -0.2) is 9.37 Å². The van der Waals surface area contributed by atoms with Gasteiger partial charge in [0.25, 0.3) is 0 Å². The van der Waals surface area contributed by atoms with Gasteiger partial charge in [0.1, 0.15) is 0 Å². The average molecular weight is 282 g/mol. The zero-order valence-corrected chi connectivity index (χ0v) is 11.9. The summed E-state index contributed by atoms with van der Waals surface area (Å²) in [4.78, 5) is 8.00. The van der Waals surface area contributed by atoms with Crippen LogP contribution < -0.4 is 10.6 Å². The predicted octanol–water partition coefficient (Wildman–Crippen LogP) is 2.26. The third kappa shape index (κ3) is 3.79. The van der Waals surface area contributed by atoms with Crippen LogP contribution in [-0.2, 0) is 0 Å². The molecule has 112 valence electrons. The molecule has 2 atom stereocenters. The summed E-state index contributed by atoms with van der Waals surface area (Å²) in [5.74, 6) is 0.917. The lowest BCUT2D eigenvalue weighted by molar-refractivity contribution is 0.141. The molecule has 20 heavy (non-hydrogen) atoms. The molecule has 2 rings (SSSR count). The fraction of sp³-hybridized carbons (Fsp3) is 0.714. The van der Waals surface area contributed by atoms with Crippen LogP contribution in [0, 0.1) is 17.7 Å². The number of aliphatic hydroxyl groups is 1. The van der Waals surface area contributed by atoms with Crippen molar-refractivity contribution in [3.8, 4) is 0 Å². The van der Waals surface area contributed by atoms with E-state index in [0.29, 0.717) is 30.9 Å². The Balaban J connectivity index is 1.96. The van der Waals surface area contributed by atoms with Crippen LogP contribution in [0.25, 0.3) is 0 Å². The first-order valence-corrected chi connectivity index (χ1v) is 7.35. The SMILES string of the molecule is CCNc1ncc(F)c(NCC2CCCCC2CO)n1. The molecule has 0 radical (unpaired) electrons. The first kappa shape index (κ1) is 15.0. The Morgan fingerprint density at radius 2 is 2.05 bits per heavy atom. The number of rotatable bonds is 6. The quantitative estimate of drug-likeness (QED) is 0.746. The van der Waals surface area contributed by atoms with E-state index in [1.54, 1.807) is 0 Å². The lowest BCUT2D eigenvalue weighted by Gasteiger charge is -2.30. The fourth-order valence-electron chi connectivity index (χ4n) is 2.76. The summed E-state index contributed by atoms with van der Waals surface area (Å²) in [5.41, 5.74) is 0. The standard InChI is InChI=1S/C14H23FN4O/c1-2-16-14-18-8-12(15)13(19-14)17-7-10-5-3-4-6-11(10)9-20/h8,10-11,20H,2-7,9H2,1H3,(H2,16,17,18,19). The molecule has 5 nitrogen and oxygen atoms in total. The molecular weight excluding hydrogens is 259 g/mol. The van der Waals surface area contributed by atoms with E-state index < -0.39 is 5.82 Å². The zero-order valence-electron chi connectivity index (χ0n) is 11.9. The Hall–Kier alpha value is -1.43. The summed E-state index contributed by atoms with van der Waals surface area (Å²) in [6, 6.07) is 0. The van der Waals surface area contributed by atoms with E-state index in [0.717, 1.165) is 12.8 Å². The smallest absolute Gasteiger partial charge is 0.224 e. The molecule has 1 aliphatic carbocycles. The number of aliphatic hydroxyl groups excluding tert-OH is 1. The fourth-order valence-corrected chi connectivity index (χ4v) is 2.76. The molecule has 1 saturated carbocycles. The van der Waals surface area contributed by atoms with Gasteiger partial charge in [-0.1, -0.05) is 12.8 Å². The lowest BCUT2D eigenvalue weighted by Crippen LogP contribution is -2.29. The van der Waals surface area contributed by atoms with Crippen molar-refractivity contribution in [3.05, 3.63) is 12.0 Å². The molecule has 0 amide bonds. The molecule has 0 aromatic carbocycles. The molecule has 1 fully saturated rings. The Labute approximate surface area is 119 Å². The Morgan fingerprint density at radius 1 is 1.30 bits per heavy atom. The molecule has 0 bridgehead atoms. The number of aromatic nitrogens is 2. The van der Waals surface area contributed by atoms with Crippen LogP contribution in [-0.4, -0.2) is 34.8 Å². The van der Waals surface area contributed by atoms with Crippen molar-refractivity contribution in [2.75, 3.05) is 30.3 Å². The third-order valence-corrected chi connectivity index (χ3v) is 3.91. The largest absolute Gasteiger partial charge is 0.396 e. The van der Waals surface area contributed by atoms with Crippen molar-refractivity contribution >= 4 is 11.8 Å². The van der Waals surface area contributed by atoms with Crippen LogP contribution in [0.15, 0.2) is 6.20 Å². The number of hydrogen-bond donors (Lipinski definition) is 3. The second kappa shape index (κ2) is 7.38. The van der Waals surface area contributed by atoms with Gasteiger partial charge in [-0.2, -0.15) is 4.98 Å². The Bertz CT molecular complexity index is 430. The number of halogens is 1. The van der Waals surface area contributed by atoms with E-state index >= 15 is 0 Å². The minimum Gasteiger partial charge on any atom is -0.396 e. The first-order chi connectivity index (χ1) is 9.74. The van der Waals surface area contributed by atoms with Gasteiger partial charge in [0.15, 0.2) is 11.6 Å². The van der Waals surface area contributed by atoms with Crippen LogP contribution in [0.1, 0.15) is 32.6 Å². The summed E-state index contributed by atoms with van der Waals surface area (Å²) in [6.07, 6.45) is 5.66. The van der Waals surface area contributed by atoms with Crippen molar-refractivity contribution < 1.29 is 9.50 Å². The van der Waals surface area contributed by atoms with Crippen molar-refractivity contribution in [2.45, 2.75) is 32.6 Å². The van der Waals surface area contributed by atoms with Crippen LogP contribution >= 0.6 is 0 Å². The second-order valence-corrected chi connectivity index (χ2v) is 5.29. The first-order valence-electron chi connectivity index (χ1n) is 7.35. The highest BCUT2D eigenvalue weighted by molar-refractivity contribution is 5.41. The topological polar surface area (TPSA) is 70.1 Å². The number of nitrogens with one attached hydrogen (secondary N) is 2. The van der Waals surface area contributed by atoms with Gasteiger partial charge in [0.2, 0.25) is 5.95 Å². The molecule has 0 spiro atoms. The summed E-state index contributed by atoms with van der Waals surface area (Å²) in [7, 11) is 0. The lowest BCUT2D eigenvalue weighted by atomic mass is 9.79. The van der Waals surface area contributed by atoms with E-state index in [-0.39, 0.29) is 12.4 Å². The van der Waals surface area contributed by atoms with E-state index in [1.807, 2.05) is 6.92 Å². The Morgan fingerprint density at radius 3 is 2.75 bits per heavy atom. The number of anilines is 2.